The van der Waals surface area contributed by atoms with Gasteiger partial charge in [0, 0.05) is 36.5 Å². The molecule has 0 radical (unpaired) electrons. The van der Waals surface area contributed by atoms with Gasteiger partial charge < -0.3 is 20.6 Å². The normalized spacial score (nSPS) is 10.6. The van der Waals surface area contributed by atoms with Gasteiger partial charge in [-0.05, 0) is 36.8 Å². The largest absolute Gasteiger partial charge is 0.385 e. The number of hydrogen-bond donors (Lipinski definition) is 4. The highest BCUT2D eigenvalue weighted by Gasteiger charge is 2.06. The zero-order valence-corrected chi connectivity index (χ0v) is 13.7. The number of nitro groups is 1. The number of amides is 1. The van der Waals surface area contributed by atoms with Crippen LogP contribution in [0.2, 0.25) is 0 Å². The number of carbonyl (C=O) groups is 1. The molecule has 4 N–H and O–H groups in total. The first-order chi connectivity index (χ1) is 12.5. The molecule has 0 unspecified atom stereocenters. The molecule has 9 nitrogen and oxygen atoms in total. The Morgan fingerprint density at radius 1 is 1.04 bits per heavy atom. The monoisotopic (exact) mass is 355 g/mol. The molecule has 0 saturated carbocycles. The number of fused-ring (bicyclic) bond motifs is 1. The predicted molar refractivity (Wildman–Crippen MR) is 98.4 cm³/mol. The summed E-state index contributed by atoms with van der Waals surface area (Å²) in [4.78, 5) is 38.6. The van der Waals surface area contributed by atoms with Crippen LogP contribution < -0.4 is 16.3 Å². The predicted octanol–water partition coefficient (Wildman–Crippen LogP) is 2.60. The van der Waals surface area contributed by atoms with Gasteiger partial charge in [-0.15, -0.1) is 0 Å². The smallest absolute Gasteiger partial charge is 0.323 e. The number of nitro benzene ring substituents is 1. The molecule has 1 amide bonds. The van der Waals surface area contributed by atoms with Crippen molar-refractivity contribution in [2.45, 2.75) is 12.8 Å². The van der Waals surface area contributed by atoms with Crippen LogP contribution in [0.4, 0.5) is 17.1 Å². The molecule has 0 bridgehead atoms. The zero-order chi connectivity index (χ0) is 18.5. The molecule has 0 aliphatic rings. The summed E-state index contributed by atoms with van der Waals surface area (Å²) in [5.41, 5.74) is 2.43. The fraction of sp³-hybridized carbons (Fsp3) is 0.176. The molecule has 0 aliphatic carbocycles. The van der Waals surface area contributed by atoms with Crippen LogP contribution in [-0.2, 0) is 4.79 Å². The van der Waals surface area contributed by atoms with E-state index in [1.54, 1.807) is 30.3 Å². The van der Waals surface area contributed by atoms with E-state index in [0.717, 1.165) is 5.69 Å². The van der Waals surface area contributed by atoms with Crippen LogP contribution >= 0.6 is 0 Å². The Kier molecular flexibility index (Phi) is 4.97. The summed E-state index contributed by atoms with van der Waals surface area (Å²) >= 11 is 0. The molecule has 26 heavy (non-hydrogen) atoms. The van der Waals surface area contributed by atoms with Crippen molar-refractivity contribution in [1.29, 1.82) is 0 Å². The van der Waals surface area contributed by atoms with Gasteiger partial charge in [0.25, 0.3) is 5.69 Å². The average Bonchev–Trinajstić information content (AvgIpc) is 2.98. The maximum absolute atomic E-state index is 12.0. The molecule has 0 aliphatic heterocycles. The standard InChI is InChI=1S/C17H17N5O4/c23-16(19-12-5-8-14-15(10-12)21-17(24)20-14)2-1-9-18-11-3-6-13(7-4-11)22(25)26/h3-8,10,18H,1-2,9H2,(H,19,23)(H2,20,21,24). The van der Waals surface area contributed by atoms with Gasteiger partial charge in [0.1, 0.15) is 0 Å². The number of non-ortho nitro benzene ring substituents is 1. The molecule has 2 aromatic carbocycles. The topological polar surface area (TPSA) is 133 Å². The number of carbonyl (C=O) groups excluding carboxylic acids is 1. The fourth-order valence-corrected chi connectivity index (χ4v) is 2.52. The molecule has 0 fully saturated rings. The number of anilines is 2. The van der Waals surface area contributed by atoms with E-state index in [1.807, 2.05) is 0 Å². The number of hydrogen-bond acceptors (Lipinski definition) is 5. The van der Waals surface area contributed by atoms with E-state index in [4.69, 9.17) is 0 Å². The molecular formula is C17H17N5O4. The average molecular weight is 355 g/mol. The Labute approximate surface area is 147 Å². The second-order valence-electron chi connectivity index (χ2n) is 5.72. The maximum atomic E-state index is 12.0. The van der Waals surface area contributed by atoms with Gasteiger partial charge in [0.05, 0.1) is 16.0 Å². The summed E-state index contributed by atoms with van der Waals surface area (Å²) in [6.07, 6.45) is 0.924. The van der Waals surface area contributed by atoms with Crippen molar-refractivity contribution in [3.05, 3.63) is 63.1 Å². The molecule has 3 rings (SSSR count). The van der Waals surface area contributed by atoms with E-state index in [0.29, 0.717) is 36.1 Å². The molecule has 134 valence electrons. The van der Waals surface area contributed by atoms with Crippen LogP contribution in [0, 0.1) is 10.1 Å². The van der Waals surface area contributed by atoms with Crippen molar-refractivity contribution >= 4 is 34.0 Å². The summed E-state index contributed by atoms with van der Waals surface area (Å²) in [5, 5.41) is 16.5. The minimum absolute atomic E-state index is 0.0377. The molecule has 1 aromatic heterocycles. The van der Waals surface area contributed by atoms with Gasteiger partial charge >= 0.3 is 5.69 Å². The van der Waals surface area contributed by atoms with Gasteiger partial charge in [-0.1, -0.05) is 0 Å². The lowest BCUT2D eigenvalue weighted by atomic mass is 10.2. The second kappa shape index (κ2) is 7.51. The van der Waals surface area contributed by atoms with E-state index in [-0.39, 0.29) is 17.3 Å². The Balaban J connectivity index is 1.44. The fourth-order valence-electron chi connectivity index (χ4n) is 2.52. The third kappa shape index (κ3) is 4.26. The quantitative estimate of drug-likeness (QED) is 0.294. The van der Waals surface area contributed by atoms with E-state index in [2.05, 4.69) is 20.6 Å². The van der Waals surface area contributed by atoms with E-state index in [1.165, 1.54) is 12.1 Å². The van der Waals surface area contributed by atoms with E-state index >= 15 is 0 Å². The van der Waals surface area contributed by atoms with Gasteiger partial charge in [0.2, 0.25) is 5.91 Å². The Morgan fingerprint density at radius 3 is 2.46 bits per heavy atom. The SMILES string of the molecule is O=C(CCCNc1ccc([N+](=O)[O-])cc1)Nc1ccc2[nH]c(=O)[nH]c2c1. The summed E-state index contributed by atoms with van der Waals surface area (Å²) in [5.74, 6) is -0.132. The third-order valence-electron chi connectivity index (χ3n) is 3.79. The Bertz CT molecular complexity index is 990. The van der Waals surface area contributed by atoms with Crippen molar-refractivity contribution in [2.75, 3.05) is 17.2 Å². The summed E-state index contributed by atoms with van der Waals surface area (Å²) < 4.78 is 0. The second-order valence-corrected chi connectivity index (χ2v) is 5.72. The van der Waals surface area contributed by atoms with Gasteiger partial charge in [-0.3, -0.25) is 14.9 Å². The Morgan fingerprint density at radius 2 is 1.73 bits per heavy atom. The van der Waals surface area contributed by atoms with Crippen molar-refractivity contribution in [3.8, 4) is 0 Å². The number of rotatable bonds is 7. The van der Waals surface area contributed by atoms with Gasteiger partial charge in [-0.2, -0.15) is 0 Å². The van der Waals surface area contributed by atoms with Crippen LogP contribution in [0.3, 0.4) is 0 Å². The van der Waals surface area contributed by atoms with Crippen LogP contribution in [0.15, 0.2) is 47.3 Å². The number of nitrogens with zero attached hydrogens (tertiary/aromatic N) is 1. The third-order valence-corrected chi connectivity index (χ3v) is 3.79. The molecule has 0 spiro atoms. The first-order valence-electron chi connectivity index (χ1n) is 8.01. The number of nitrogens with one attached hydrogen (secondary N) is 4. The minimum atomic E-state index is -0.450. The highest BCUT2D eigenvalue weighted by atomic mass is 16.6. The molecule has 9 heteroatoms. The Hall–Kier alpha value is -3.62. The van der Waals surface area contributed by atoms with Crippen LogP contribution in [-0.4, -0.2) is 27.3 Å². The molecule has 1 heterocycles. The molecule has 0 atom stereocenters. The summed E-state index contributed by atoms with van der Waals surface area (Å²) in [6.45, 7) is 0.565. The van der Waals surface area contributed by atoms with Crippen molar-refractivity contribution in [3.63, 3.8) is 0 Å². The minimum Gasteiger partial charge on any atom is -0.385 e. The van der Waals surface area contributed by atoms with Crippen LogP contribution in [0.25, 0.3) is 11.0 Å². The first-order valence-corrected chi connectivity index (χ1v) is 8.01. The highest BCUT2D eigenvalue weighted by molar-refractivity contribution is 5.92. The van der Waals surface area contributed by atoms with Crippen molar-refractivity contribution in [1.82, 2.24) is 9.97 Å². The van der Waals surface area contributed by atoms with E-state index < -0.39 is 4.92 Å². The van der Waals surface area contributed by atoms with Crippen LogP contribution in [0.1, 0.15) is 12.8 Å². The van der Waals surface area contributed by atoms with Gasteiger partial charge in [0.15, 0.2) is 0 Å². The van der Waals surface area contributed by atoms with Crippen molar-refractivity contribution < 1.29 is 9.72 Å². The lowest BCUT2D eigenvalue weighted by Gasteiger charge is -2.07. The first kappa shape index (κ1) is 17.2. The highest BCUT2D eigenvalue weighted by Crippen LogP contribution is 2.16. The zero-order valence-electron chi connectivity index (χ0n) is 13.7. The number of benzene rings is 2. The van der Waals surface area contributed by atoms with Crippen LogP contribution in [0.5, 0.6) is 0 Å². The molecular weight excluding hydrogens is 338 g/mol. The number of aromatic nitrogens is 2. The van der Waals surface area contributed by atoms with Gasteiger partial charge in [-0.25, -0.2) is 4.79 Å². The molecule has 3 aromatic rings. The number of H-pyrrole nitrogens is 2. The van der Waals surface area contributed by atoms with E-state index in [9.17, 15) is 19.7 Å². The van der Waals surface area contributed by atoms with Crippen molar-refractivity contribution in [2.24, 2.45) is 0 Å². The number of imidazole rings is 1. The summed E-state index contributed by atoms with van der Waals surface area (Å²) in [7, 11) is 0. The molecule has 0 saturated heterocycles. The maximum Gasteiger partial charge on any atom is 0.323 e. The summed E-state index contributed by atoms with van der Waals surface area (Å²) in [6, 6.07) is 11.3. The lowest BCUT2D eigenvalue weighted by molar-refractivity contribution is -0.384. The number of aromatic amines is 2. The lowest BCUT2D eigenvalue weighted by Crippen LogP contribution is -2.13.